The van der Waals surface area contributed by atoms with Crippen LogP contribution in [0.3, 0.4) is 0 Å². The molecule has 0 radical (unpaired) electrons. The number of ether oxygens (including phenoxy) is 1. The van der Waals surface area contributed by atoms with E-state index >= 15 is 0 Å². The second kappa shape index (κ2) is 9.28. The second-order valence-electron chi connectivity index (χ2n) is 6.29. The molecule has 1 heterocycles. The van der Waals surface area contributed by atoms with Crippen molar-refractivity contribution in [2.75, 3.05) is 6.54 Å². The lowest BCUT2D eigenvalue weighted by Crippen LogP contribution is -2.31. The molecule has 0 atom stereocenters. The van der Waals surface area contributed by atoms with Crippen LogP contribution in [0, 0.1) is 12.7 Å². The summed E-state index contributed by atoms with van der Waals surface area (Å²) in [6.07, 6.45) is 1.62. The van der Waals surface area contributed by atoms with Gasteiger partial charge in [0.1, 0.15) is 23.2 Å². The number of nitrogens with zero attached hydrogens (tertiary/aromatic N) is 2. The monoisotopic (exact) mass is 396 g/mol. The van der Waals surface area contributed by atoms with Crippen LogP contribution in [0.25, 0.3) is 0 Å². The molecule has 6 heteroatoms. The van der Waals surface area contributed by atoms with Crippen molar-refractivity contribution in [3.63, 3.8) is 0 Å². The number of aromatic nitrogens is 1. The fraction of sp³-hybridized carbons (Fsp3) is 0.182. The first-order valence-corrected chi connectivity index (χ1v) is 9.72. The van der Waals surface area contributed by atoms with E-state index < -0.39 is 5.82 Å². The molecule has 0 spiro atoms. The number of halogens is 1. The number of carbonyl (C=O) groups is 1. The fourth-order valence-corrected chi connectivity index (χ4v) is 3.41. The molecule has 4 nitrogen and oxygen atoms in total. The molecule has 3 rings (SSSR count). The Morgan fingerprint density at radius 1 is 1.29 bits per heavy atom. The minimum absolute atomic E-state index is 0.0441. The zero-order chi connectivity index (χ0) is 19.9. The van der Waals surface area contributed by atoms with E-state index in [1.165, 1.54) is 28.4 Å². The topological polar surface area (TPSA) is 42.4 Å². The average Bonchev–Trinajstić information content (AvgIpc) is 3.13. The quantitative estimate of drug-likeness (QED) is 0.503. The van der Waals surface area contributed by atoms with E-state index in [2.05, 4.69) is 11.6 Å². The van der Waals surface area contributed by atoms with Crippen LogP contribution in [0.2, 0.25) is 0 Å². The summed E-state index contributed by atoms with van der Waals surface area (Å²) in [5.74, 6) is -0.129. The minimum atomic E-state index is -0.535. The van der Waals surface area contributed by atoms with Crippen molar-refractivity contribution in [2.45, 2.75) is 20.1 Å². The molecule has 144 valence electrons. The van der Waals surface area contributed by atoms with Gasteiger partial charge >= 0.3 is 0 Å². The number of carbonyl (C=O) groups excluding carboxylic acids is 1. The van der Waals surface area contributed by atoms with Gasteiger partial charge in [0, 0.05) is 11.9 Å². The van der Waals surface area contributed by atoms with Gasteiger partial charge in [-0.1, -0.05) is 30.3 Å². The molecule has 2 aromatic carbocycles. The van der Waals surface area contributed by atoms with Crippen LogP contribution < -0.4 is 4.74 Å². The lowest BCUT2D eigenvalue weighted by Gasteiger charge is -2.20. The predicted molar refractivity (Wildman–Crippen MR) is 109 cm³/mol. The molecule has 0 aliphatic rings. The summed E-state index contributed by atoms with van der Waals surface area (Å²) in [4.78, 5) is 18.8. The molecule has 28 heavy (non-hydrogen) atoms. The van der Waals surface area contributed by atoms with Crippen molar-refractivity contribution >= 4 is 17.2 Å². The lowest BCUT2D eigenvalue weighted by molar-refractivity contribution is 0.0756. The third kappa shape index (κ3) is 5.04. The summed E-state index contributed by atoms with van der Waals surface area (Å²) in [5, 5.41) is 2.70. The van der Waals surface area contributed by atoms with Crippen LogP contribution in [0.1, 0.15) is 26.6 Å². The summed E-state index contributed by atoms with van der Waals surface area (Å²) in [7, 11) is 0. The Labute approximate surface area is 167 Å². The first kappa shape index (κ1) is 19.8. The predicted octanol–water partition coefficient (Wildman–Crippen LogP) is 5.00. The van der Waals surface area contributed by atoms with E-state index in [0.717, 1.165) is 22.0 Å². The van der Waals surface area contributed by atoms with E-state index in [0.29, 0.717) is 13.2 Å². The van der Waals surface area contributed by atoms with Gasteiger partial charge in [-0.2, -0.15) is 0 Å². The normalized spacial score (nSPS) is 10.5. The van der Waals surface area contributed by atoms with Crippen molar-refractivity contribution in [1.29, 1.82) is 0 Å². The van der Waals surface area contributed by atoms with Crippen LogP contribution in [0.5, 0.6) is 5.75 Å². The second-order valence-corrected chi connectivity index (χ2v) is 7.23. The Kier molecular flexibility index (Phi) is 6.55. The number of hydrogen-bond acceptors (Lipinski definition) is 4. The molecule has 3 aromatic rings. The number of thiazole rings is 1. The maximum Gasteiger partial charge on any atom is 0.257 e. The van der Waals surface area contributed by atoms with Gasteiger partial charge in [-0.25, -0.2) is 9.37 Å². The first-order chi connectivity index (χ1) is 13.6. The molecular formula is C22H21FN2O2S. The van der Waals surface area contributed by atoms with Crippen LogP contribution in [-0.4, -0.2) is 22.3 Å². The van der Waals surface area contributed by atoms with Crippen molar-refractivity contribution in [3.05, 3.63) is 94.2 Å². The highest BCUT2D eigenvalue weighted by molar-refractivity contribution is 7.09. The molecule has 0 unspecified atom stereocenters. The molecule has 0 fully saturated rings. The highest BCUT2D eigenvalue weighted by Gasteiger charge is 2.19. The highest BCUT2D eigenvalue weighted by atomic mass is 32.1. The minimum Gasteiger partial charge on any atom is -0.486 e. The van der Waals surface area contributed by atoms with E-state index in [4.69, 9.17) is 4.74 Å². The van der Waals surface area contributed by atoms with Gasteiger partial charge in [0.15, 0.2) is 0 Å². The largest absolute Gasteiger partial charge is 0.486 e. The maximum atomic E-state index is 14.0. The van der Waals surface area contributed by atoms with Crippen molar-refractivity contribution in [1.82, 2.24) is 9.88 Å². The van der Waals surface area contributed by atoms with Gasteiger partial charge in [-0.05, 0) is 36.8 Å². The van der Waals surface area contributed by atoms with Gasteiger partial charge in [-0.3, -0.25) is 4.79 Å². The van der Waals surface area contributed by atoms with Crippen LogP contribution >= 0.6 is 11.3 Å². The summed E-state index contributed by atoms with van der Waals surface area (Å²) in [6.45, 7) is 6.64. The molecule has 0 saturated heterocycles. The third-order valence-corrected chi connectivity index (χ3v) is 4.92. The average molecular weight is 396 g/mol. The van der Waals surface area contributed by atoms with Gasteiger partial charge in [0.05, 0.1) is 17.8 Å². The maximum absolute atomic E-state index is 14.0. The Morgan fingerprint density at radius 3 is 2.86 bits per heavy atom. The summed E-state index contributed by atoms with van der Waals surface area (Å²) in [5.41, 5.74) is 1.91. The number of aryl methyl sites for hydroxylation is 1. The van der Waals surface area contributed by atoms with Gasteiger partial charge < -0.3 is 9.64 Å². The molecule has 0 aliphatic heterocycles. The smallest absolute Gasteiger partial charge is 0.257 e. The summed E-state index contributed by atoms with van der Waals surface area (Å²) >= 11 is 1.47. The van der Waals surface area contributed by atoms with E-state index in [1.54, 1.807) is 18.2 Å². The molecule has 0 N–H and O–H groups in total. The molecule has 0 saturated carbocycles. The van der Waals surface area contributed by atoms with Gasteiger partial charge in [-0.15, -0.1) is 17.9 Å². The van der Waals surface area contributed by atoms with E-state index in [1.807, 2.05) is 36.6 Å². The molecule has 0 bridgehead atoms. The zero-order valence-electron chi connectivity index (χ0n) is 15.6. The summed E-state index contributed by atoms with van der Waals surface area (Å²) < 4.78 is 19.7. The Hall–Kier alpha value is -2.99. The number of hydrogen-bond donors (Lipinski definition) is 0. The van der Waals surface area contributed by atoms with Crippen molar-refractivity contribution < 1.29 is 13.9 Å². The summed E-state index contributed by atoms with van der Waals surface area (Å²) in [6, 6.07) is 13.8. The number of rotatable bonds is 8. The van der Waals surface area contributed by atoms with E-state index in [-0.39, 0.29) is 18.0 Å². The Bertz CT molecular complexity index is 970. The number of benzene rings is 2. The number of amides is 1. The van der Waals surface area contributed by atoms with Crippen molar-refractivity contribution in [3.8, 4) is 5.75 Å². The van der Waals surface area contributed by atoms with Crippen LogP contribution in [-0.2, 0) is 13.2 Å². The highest BCUT2D eigenvalue weighted by Crippen LogP contribution is 2.18. The lowest BCUT2D eigenvalue weighted by atomic mass is 10.2. The zero-order valence-corrected chi connectivity index (χ0v) is 16.4. The Morgan fingerprint density at radius 2 is 2.11 bits per heavy atom. The molecule has 0 aliphatic carbocycles. The molecule has 1 amide bonds. The fourth-order valence-electron chi connectivity index (χ4n) is 2.71. The Balaban J connectivity index is 1.66. The SMILES string of the molecule is C=CCN(Cc1csc(COc2cccc(C)c2)n1)C(=O)c1ccccc1F. The van der Waals surface area contributed by atoms with Crippen LogP contribution in [0.4, 0.5) is 4.39 Å². The van der Waals surface area contributed by atoms with Crippen LogP contribution in [0.15, 0.2) is 66.6 Å². The van der Waals surface area contributed by atoms with Crippen molar-refractivity contribution in [2.24, 2.45) is 0 Å². The molecule has 1 aromatic heterocycles. The van der Waals surface area contributed by atoms with Gasteiger partial charge in [0.25, 0.3) is 5.91 Å². The first-order valence-electron chi connectivity index (χ1n) is 8.84. The van der Waals surface area contributed by atoms with E-state index in [9.17, 15) is 9.18 Å². The molecular weight excluding hydrogens is 375 g/mol. The van der Waals surface area contributed by atoms with Gasteiger partial charge in [0.2, 0.25) is 0 Å². The third-order valence-electron chi connectivity index (χ3n) is 4.04. The standard InChI is InChI=1S/C22H21FN2O2S/c1-3-11-25(22(26)19-9-4-5-10-20(19)23)13-17-15-28-21(24-17)14-27-18-8-6-7-16(2)12-18/h3-10,12,15H,1,11,13-14H2,2H3.